The Balaban J connectivity index is 1.89. The molecule has 2 aromatic rings. The Morgan fingerprint density at radius 1 is 1.09 bits per heavy atom. The van der Waals surface area contributed by atoms with Gasteiger partial charge in [-0.3, -0.25) is 4.98 Å². The van der Waals surface area contributed by atoms with Crippen molar-refractivity contribution in [3.05, 3.63) is 48.1 Å². The molecule has 0 amide bonds. The maximum absolute atomic E-state index is 4.58. The van der Waals surface area contributed by atoms with Crippen molar-refractivity contribution in [1.29, 1.82) is 0 Å². The largest absolute Gasteiger partial charge is 0.260 e. The van der Waals surface area contributed by atoms with E-state index in [0.29, 0.717) is 5.41 Å². The zero-order valence-corrected chi connectivity index (χ0v) is 14.5. The molecular weight excluding hydrogens is 282 g/mol. The Kier molecular flexibility index (Phi) is 4.29. The fourth-order valence-electron chi connectivity index (χ4n) is 3.26. The van der Waals surface area contributed by atoms with E-state index in [4.69, 9.17) is 0 Å². The summed E-state index contributed by atoms with van der Waals surface area (Å²) in [5.74, 6) is 1.52. The maximum atomic E-state index is 4.58. The molecule has 3 rings (SSSR count). The van der Waals surface area contributed by atoms with Crippen LogP contribution in [0.25, 0.3) is 17.0 Å². The van der Waals surface area contributed by atoms with Crippen molar-refractivity contribution < 1.29 is 0 Å². The number of aromatic nitrogens is 3. The zero-order chi connectivity index (χ0) is 16.4. The highest BCUT2D eigenvalue weighted by molar-refractivity contribution is 5.71. The molecule has 0 radical (unpaired) electrons. The predicted octanol–water partition coefficient (Wildman–Crippen LogP) is 5.08. The quantitative estimate of drug-likeness (QED) is 0.777. The minimum Gasteiger partial charge on any atom is -0.260 e. The molecule has 0 fully saturated rings. The Hall–Kier alpha value is -2.03. The molecule has 3 heteroatoms. The SMILES string of the molecule is Cc1ncc(C2=CCC(C(C)(C)C)CC2)cc1-c1ncccn1. The van der Waals surface area contributed by atoms with Crippen molar-refractivity contribution in [3.8, 4) is 11.4 Å². The topological polar surface area (TPSA) is 38.7 Å². The molecule has 0 N–H and O–H groups in total. The highest BCUT2D eigenvalue weighted by Gasteiger charge is 2.26. The lowest BCUT2D eigenvalue weighted by Gasteiger charge is -2.33. The van der Waals surface area contributed by atoms with Crippen LogP contribution in [0, 0.1) is 18.3 Å². The van der Waals surface area contributed by atoms with Crippen molar-refractivity contribution in [1.82, 2.24) is 15.0 Å². The molecule has 0 saturated carbocycles. The first-order valence-corrected chi connectivity index (χ1v) is 8.38. The summed E-state index contributed by atoms with van der Waals surface area (Å²) in [5.41, 5.74) is 5.02. The summed E-state index contributed by atoms with van der Waals surface area (Å²) in [7, 11) is 0. The molecule has 2 aromatic heterocycles. The normalized spacial score (nSPS) is 18.6. The average molecular weight is 307 g/mol. The van der Waals surface area contributed by atoms with Gasteiger partial charge in [0, 0.05) is 29.8 Å². The van der Waals surface area contributed by atoms with Gasteiger partial charge in [-0.15, -0.1) is 0 Å². The van der Waals surface area contributed by atoms with Crippen LogP contribution < -0.4 is 0 Å². The molecule has 1 aliphatic carbocycles. The smallest absolute Gasteiger partial charge is 0.160 e. The van der Waals surface area contributed by atoms with Crippen LogP contribution in [0.15, 0.2) is 36.8 Å². The molecule has 0 saturated heterocycles. The van der Waals surface area contributed by atoms with E-state index in [0.717, 1.165) is 35.8 Å². The lowest BCUT2D eigenvalue weighted by molar-refractivity contribution is 0.225. The van der Waals surface area contributed by atoms with Crippen LogP contribution in [-0.2, 0) is 0 Å². The van der Waals surface area contributed by atoms with Gasteiger partial charge in [0.15, 0.2) is 5.82 Å². The number of nitrogens with zero attached hydrogens (tertiary/aromatic N) is 3. The van der Waals surface area contributed by atoms with Gasteiger partial charge >= 0.3 is 0 Å². The molecule has 0 aliphatic heterocycles. The third kappa shape index (κ3) is 3.49. The number of aryl methyl sites for hydroxylation is 1. The Labute approximate surface area is 138 Å². The monoisotopic (exact) mass is 307 g/mol. The van der Waals surface area contributed by atoms with Crippen LogP contribution in [0.4, 0.5) is 0 Å². The molecular formula is C20H25N3. The molecule has 23 heavy (non-hydrogen) atoms. The van der Waals surface area contributed by atoms with Gasteiger partial charge < -0.3 is 0 Å². The fraction of sp³-hybridized carbons (Fsp3) is 0.450. The number of pyridine rings is 1. The minimum atomic E-state index is 0.386. The van der Waals surface area contributed by atoms with Crippen molar-refractivity contribution in [2.24, 2.45) is 11.3 Å². The third-order valence-electron chi connectivity index (χ3n) is 4.90. The lowest BCUT2D eigenvalue weighted by atomic mass is 9.72. The van der Waals surface area contributed by atoms with Crippen molar-refractivity contribution >= 4 is 5.57 Å². The number of hydrogen-bond donors (Lipinski definition) is 0. The van der Waals surface area contributed by atoms with E-state index < -0.39 is 0 Å². The molecule has 0 bridgehead atoms. The van der Waals surface area contributed by atoms with E-state index >= 15 is 0 Å². The summed E-state index contributed by atoms with van der Waals surface area (Å²) in [6.07, 6.45) is 11.5. The first-order chi connectivity index (χ1) is 10.9. The maximum Gasteiger partial charge on any atom is 0.160 e. The van der Waals surface area contributed by atoms with Crippen LogP contribution in [0.1, 0.15) is 51.3 Å². The van der Waals surface area contributed by atoms with Gasteiger partial charge in [-0.05, 0) is 60.8 Å². The summed E-state index contributed by atoms with van der Waals surface area (Å²) < 4.78 is 0. The highest BCUT2D eigenvalue weighted by Crippen LogP contribution is 2.39. The van der Waals surface area contributed by atoms with E-state index in [-0.39, 0.29) is 0 Å². The Morgan fingerprint density at radius 3 is 2.43 bits per heavy atom. The van der Waals surface area contributed by atoms with E-state index in [1.807, 2.05) is 19.2 Å². The van der Waals surface area contributed by atoms with Gasteiger partial charge in [-0.1, -0.05) is 26.8 Å². The van der Waals surface area contributed by atoms with Crippen LogP contribution >= 0.6 is 0 Å². The summed E-state index contributed by atoms with van der Waals surface area (Å²) in [5, 5.41) is 0. The molecule has 0 aromatic carbocycles. The lowest BCUT2D eigenvalue weighted by Crippen LogP contribution is -2.22. The van der Waals surface area contributed by atoms with Gasteiger partial charge in [-0.2, -0.15) is 0 Å². The Morgan fingerprint density at radius 2 is 1.83 bits per heavy atom. The number of allylic oxidation sites excluding steroid dienone is 2. The van der Waals surface area contributed by atoms with Crippen LogP contribution in [-0.4, -0.2) is 15.0 Å². The second-order valence-electron chi connectivity index (χ2n) is 7.50. The molecule has 3 nitrogen and oxygen atoms in total. The first-order valence-electron chi connectivity index (χ1n) is 8.38. The zero-order valence-electron chi connectivity index (χ0n) is 14.5. The third-order valence-corrected chi connectivity index (χ3v) is 4.90. The van der Waals surface area contributed by atoms with Crippen molar-refractivity contribution in [2.75, 3.05) is 0 Å². The average Bonchev–Trinajstić information content (AvgIpc) is 2.55. The molecule has 120 valence electrons. The van der Waals surface area contributed by atoms with Crippen molar-refractivity contribution in [3.63, 3.8) is 0 Å². The van der Waals surface area contributed by atoms with E-state index in [1.54, 1.807) is 12.4 Å². The summed E-state index contributed by atoms with van der Waals surface area (Å²) >= 11 is 0. The Bertz CT molecular complexity index is 711. The molecule has 1 unspecified atom stereocenters. The predicted molar refractivity (Wildman–Crippen MR) is 94.8 cm³/mol. The van der Waals surface area contributed by atoms with E-state index in [1.165, 1.54) is 17.6 Å². The minimum absolute atomic E-state index is 0.386. The summed E-state index contributed by atoms with van der Waals surface area (Å²) in [6, 6.07) is 4.04. The molecule has 1 atom stereocenters. The van der Waals surface area contributed by atoms with E-state index in [2.05, 4.69) is 47.9 Å². The van der Waals surface area contributed by atoms with Gasteiger partial charge in [0.1, 0.15) is 0 Å². The van der Waals surface area contributed by atoms with Gasteiger partial charge in [0.05, 0.1) is 0 Å². The van der Waals surface area contributed by atoms with Crippen LogP contribution in [0.3, 0.4) is 0 Å². The summed E-state index contributed by atoms with van der Waals surface area (Å²) in [4.78, 5) is 13.3. The second kappa shape index (κ2) is 6.23. The molecule has 0 spiro atoms. The second-order valence-corrected chi connectivity index (χ2v) is 7.50. The van der Waals surface area contributed by atoms with Gasteiger partial charge in [-0.25, -0.2) is 9.97 Å². The van der Waals surface area contributed by atoms with Gasteiger partial charge in [0.25, 0.3) is 0 Å². The first kappa shape index (κ1) is 15.9. The number of rotatable bonds is 2. The fourth-order valence-corrected chi connectivity index (χ4v) is 3.26. The van der Waals surface area contributed by atoms with Crippen LogP contribution in [0.2, 0.25) is 0 Å². The summed E-state index contributed by atoms with van der Waals surface area (Å²) in [6.45, 7) is 9.04. The molecule has 1 aliphatic rings. The van der Waals surface area contributed by atoms with Crippen LogP contribution in [0.5, 0.6) is 0 Å². The van der Waals surface area contributed by atoms with E-state index in [9.17, 15) is 0 Å². The standard InChI is InChI=1S/C20H25N3/c1-14-18(19-21-10-5-11-22-19)12-16(13-23-14)15-6-8-17(9-7-15)20(2,3)4/h5-6,10-13,17H,7-9H2,1-4H3. The van der Waals surface area contributed by atoms with Crippen molar-refractivity contribution in [2.45, 2.75) is 47.0 Å². The molecule has 2 heterocycles. The number of hydrogen-bond acceptors (Lipinski definition) is 3. The van der Waals surface area contributed by atoms with Gasteiger partial charge in [0.2, 0.25) is 0 Å². The highest BCUT2D eigenvalue weighted by atomic mass is 14.9.